The number of hydrogen-bond donors (Lipinski definition) is 1. The Balaban J connectivity index is 1.54. The molecule has 0 radical (unpaired) electrons. The molecule has 1 saturated carbocycles. The quantitative estimate of drug-likeness (QED) is 0.827. The van der Waals surface area contributed by atoms with Crippen molar-refractivity contribution in [3.8, 4) is 0 Å². The van der Waals surface area contributed by atoms with Crippen molar-refractivity contribution in [2.75, 3.05) is 7.05 Å². The molecule has 1 aliphatic carbocycles. The number of hydrogen-bond acceptors (Lipinski definition) is 2. The molecular formula is C16H30N2. The van der Waals surface area contributed by atoms with Gasteiger partial charge >= 0.3 is 0 Å². The van der Waals surface area contributed by atoms with Crippen LogP contribution in [0.15, 0.2) is 0 Å². The summed E-state index contributed by atoms with van der Waals surface area (Å²) in [5, 5.41) is 3.98. The number of nitrogens with one attached hydrogen (secondary N) is 1. The van der Waals surface area contributed by atoms with Crippen molar-refractivity contribution in [3.63, 3.8) is 0 Å². The Bertz CT molecular complexity index is 258. The highest BCUT2D eigenvalue weighted by atomic mass is 15.2. The van der Waals surface area contributed by atoms with Gasteiger partial charge in [0.2, 0.25) is 0 Å². The van der Waals surface area contributed by atoms with Crippen LogP contribution >= 0.6 is 0 Å². The molecule has 3 atom stereocenters. The van der Waals surface area contributed by atoms with Crippen LogP contribution in [0.5, 0.6) is 0 Å². The third-order valence-corrected chi connectivity index (χ3v) is 5.95. The molecular weight excluding hydrogens is 220 g/mol. The molecule has 0 spiro atoms. The Labute approximate surface area is 113 Å². The first-order valence-corrected chi connectivity index (χ1v) is 8.22. The molecule has 2 bridgehead atoms. The van der Waals surface area contributed by atoms with Gasteiger partial charge in [-0.25, -0.2) is 0 Å². The lowest BCUT2D eigenvalue weighted by atomic mass is 9.81. The molecule has 2 saturated heterocycles. The second-order valence-corrected chi connectivity index (χ2v) is 7.07. The Morgan fingerprint density at radius 2 is 1.56 bits per heavy atom. The number of nitrogens with zero attached hydrogens (tertiary/aromatic N) is 1. The predicted molar refractivity (Wildman–Crippen MR) is 76.8 cm³/mol. The first kappa shape index (κ1) is 12.9. The van der Waals surface area contributed by atoms with Gasteiger partial charge in [0.1, 0.15) is 0 Å². The Morgan fingerprint density at radius 3 is 2.17 bits per heavy atom. The zero-order valence-electron chi connectivity index (χ0n) is 12.2. The lowest BCUT2D eigenvalue weighted by molar-refractivity contribution is 0.0444. The molecule has 2 heteroatoms. The molecule has 2 heterocycles. The van der Waals surface area contributed by atoms with Gasteiger partial charge in [-0.05, 0) is 58.4 Å². The van der Waals surface area contributed by atoms with Crippen molar-refractivity contribution in [3.05, 3.63) is 0 Å². The van der Waals surface area contributed by atoms with E-state index in [1.54, 1.807) is 0 Å². The minimum atomic E-state index is 0.752. The molecule has 3 fully saturated rings. The van der Waals surface area contributed by atoms with E-state index in [0.717, 1.165) is 30.1 Å². The summed E-state index contributed by atoms with van der Waals surface area (Å²) in [5.41, 5.74) is 0. The van der Waals surface area contributed by atoms with Crippen molar-refractivity contribution in [2.24, 2.45) is 5.92 Å². The monoisotopic (exact) mass is 250 g/mol. The summed E-state index contributed by atoms with van der Waals surface area (Å²) in [5.74, 6) is 0.962. The third-order valence-electron chi connectivity index (χ3n) is 5.95. The zero-order valence-corrected chi connectivity index (χ0v) is 12.2. The average Bonchev–Trinajstić information content (AvgIpc) is 2.84. The van der Waals surface area contributed by atoms with Crippen LogP contribution in [-0.4, -0.2) is 36.1 Å². The van der Waals surface area contributed by atoms with Crippen LogP contribution in [0.1, 0.15) is 64.7 Å². The molecule has 0 aromatic carbocycles. The Morgan fingerprint density at radius 1 is 0.944 bits per heavy atom. The largest absolute Gasteiger partial charge is 0.311 e. The summed E-state index contributed by atoms with van der Waals surface area (Å²) < 4.78 is 0. The highest BCUT2D eigenvalue weighted by Crippen LogP contribution is 2.34. The molecule has 1 N–H and O–H groups in total. The van der Waals surface area contributed by atoms with E-state index in [1.807, 2.05) is 0 Å². The highest BCUT2D eigenvalue weighted by Gasteiger charge is 2.36. The summed E-state index contributed by atoms with van der Waals surface area (Å²) >= 11 is 0. The van der Waals surface area contributed by atoms with Gasteiger partial charge in [-0.15, -0.1) is 0 Å². The van der Waals surface area contributed by atoms with E-state index in [2.05, 4.69) is 24.2 Å². The van der Waals surface area contributed by atoms with E-state index >= 15 is 0 Å². The molecule has 3 rings (SSSR count). The fourth-order valence-corrected chi connectivity index (χ4v) is 4.72. The van der Waals surface area contributed by atoms with Crippen LogP contribution in [0.25, 0.3) is 0 Å². The van der Waals surface area contributed by atoms with E-state index in [0.29, 0.717) is 0 Å². The topological polar surface area (TPSA) is 15.3 Å². The first-order chi connectivity index (χ1) is 8.74. The van der Waals surface area contributed by atoms with E-state index in [9.17, 15) is 0 Å². The van der Waals surface area contributed by atoms with Crippen molar-refractivity contribution in [1.82, 2.24) is 10.2 Å². The van der Waals surface area contributed by atoms with Crippen LogP contribution in [0.2, 0.25) is 0 Å². The van der Waals surface area contributed by atoms with Gasteiger partial charge in [0.25, 0.3) is 0 Å². The van der Waals surface area contributed by atoms with Crippen LogP contribution in [0, 0.1) is 5.92 Å². The smallest absolute Gasteiger partial charge is 0.0110 e. The number of rotatable bonds is 3. The Kier molecular flexibility index (Phi) is 3.95. The lowest BCUT2D eigenvalue weighted by Gasteiger charge is -2.48. The summed E-state index contributed by atoms with van der Waals surface area (Å²) in [4.78, 5) is 2.67. The summed E-state index contributed by atoms with van der Waals surface area (Å²) in [6, 6.07) is 3.28. The van der Waals surface area contributed by atoms with Crippen molar-refractivity contribution in [2.45, 2.75) is 88.9 Å². The second-order valence-electron chi connectivity index (χ2n) is 7.07. The third kappa shape index (κ3) is 2.60. The first-order valence-electron chi connectivity index (χ1n) is 8.22. The molecule has 104 valence electrons. The van der Waals surface area contributed by atoms with E-state index in [1.165, 1.54) is 57.8 Å². The molecule has 18 heavy (non-hydrogen) atoms. The number of piperidine rings is 2. The average molecular weight is 250 g/mol. The molecule has 2 aliphatic heterocycles. The van der Waals surface area contributed by atoms with E-state index < -0.39 is 0 Å². The molecule has 2 nitrogen and oxygen atoms in total. The Hall–Kier alpha value is -0.0800. The van der Waals surface area contributed by atoms with Gasteiger partial charge in [-0.1, -0.05) is 19.3 Å². The van der Waals surface area contributed by atoms with Crippen molar-refractivity contribution < 1.29 is 0 Å². The molecule has 0 aromatic heterocycles. The van der Waals surface area contributed by atoms with Crippen LogP contribution in [0.4, 0.5) is 0 Å². The number of fused-ring (bicyclic) bond motifs is 2. The predicted octanol–water partition coefficient (Wildman–Crippen LogP) is 3.17. The second kappa shape index (κ2) is 5.50. The molecule has 0 aromatic rings. The fourth-order valence-electron chi connectivity index (χ4n) is 4.72. The van der Waals surface area contributed by atoms with Gasteiger partial charge in [0, 0.05) is 24.2 Å². The van der Waals surface area contributed by atoms with Gasteiger partial charge in [-0.2, -0.15) is 0 Å². The summed E-state index contributed by atoms with van der Waals surface area (Å²) in [7, 11) is 2.35. The molecule has 3 unspecified atom stereocenters. The summed E-state index contributed by atoms with van der Waals surface area (Å²) in [6.07, 6.45) is 13.0. The minimum absolute atomic E-state index is 0.752. The lowest BCUT2D eigenvalue weighted by Crippen LogP contribution is -2.56. The van der Waals surface area contributed by atoms with Gasteiger partial charge in [0.15, 0.2) is 0 Å². The fraction of sp³-hybridized carbons (Fsp3) is 1.00. The van der Waals surface area contributed by atoms with Crippen molar-refractivity contribution in [1.29, 1.82) is 0 Å². The molecule has 3 aliphatic rings. The van der Waals surface area contributed by atoms with Crippen LogP contribution < -0.4 is 5.32 Å². The molecule has 0 amide bonds. The maximum Gasteiger partial charge on any atom is 0.0110 e. The standard InChI is InChI=1S/C16H30N2/c1-12(13-6-3-4-7-13)17-14-10-15-8-5-9-16(11-14)18(15)2/h12-17H,3-11H2,1-2H3. The van der Waals surface area contributed by atoms with E-state index in [-0.39, 0.29) is 0 Å². The normalized spacial score (nSPS) is 40.0. The highest BCUT2D eigenvalue weighted by molar-refractivity contribution is 4.94. The van der Waals surface area contributed by atoms with Gasteiger partial charge in [-0.3, -0.25) is 0 Å². The summed E-state index contributed by atoms with van der Waals surface area (Å²) in [6.45, 7) is 2.43. The maximum absolute atomic E-state index is 3.98. The van der Waals surface area contributed by atoms with Gasteiger partial charge in [0.05, 0.1) is 0 Å². The maximum atomic E-state index is 3.98. The van der Waals surface area contributed by atoms with Gasteiger partial charge < -0.3 is 10.2 Å². The van der Waals surface area contributed by atoms with E-state index in [4.69, 9.17) is 0 Å². The minimum Gasteiger partial charge on any atom is -0.311 e. The zero-order chi connectivity index (χ0) is 12.5. The van der Waals surface area contributed by atoms with Crippen molar-refractivity contribution >= 4 is 0 Å². The van der Waals surface area contributed by atoms with Crippen LogP contribution in [-0.2, 0) is 0 Å². The SMILES string of the molecule is CC(NC1CC2CCCC(C1)N2C)C1CCCC1. The van der Waals surface area contributed by atoms with Crippen LogP contribution in [0.3, 0.4) is 0 Å².